The van der Waals surface area contributed by atoms with Crippen molar-refractivity contribution in [3.63, 3.8) is 0 Å². The predicted octanol–water partition coefficient (Wildman–Crippen LogP) is 1.27. The van der Waals surface area contributed by atoms with Gasteiger partial charge in [-0.3, -0.25) is 4.99 Å². The summed E-state index contributed by atoms with van der Waals surface area (Å²) in [5, 5.41) is 3.32. The lowest BCUT2D eigenvalue weighted by molar-refractivity contribution is 0.729. The van der Waals surface area contributed by atoms with E-state index in [9.17, 15) is 0 Å². The smallest absolute Gasteiger partial charge is 0.0514 e. The molecular weight excluding hydrogens is 160 g/mol. The van der Waals surface area contributed by atoms with Gasteiger partial charge in [0.1, 0.15) is 0 Å². The second kappa shape index (κ2) is 4.19. The SMILES string of the molecule is c1ccc(CC2=NCCNC2)cc1. The van der Waals surface area contributed by atoms with E-state index in [4.69, 9.17) is 0 Å². The fourth-order valence-corrected chi connectivity index (χ4v) is 1.53. The predicted molar refractivity (Wildman–Crippen MR) is 55.3 cm³/mol. The van der Waals surface area contributed by atoms with Gasteiger partial charge in [0, 0.05) is 25.2 Å². The summed E-state index contributed by atoms with van der Waals surface area (Å²) in [7, 11) is 0. The topological polar surface area (TPSA) is 24.4 Å². The lowest BCUT2D eigenvalue weighted by atomic mass is 10.1. The standard InChI is InChI=1S/C11H14N2/c1-2-4-10(5-3-1)8-11-9-12-6-7-13-11/h1-5,12H,6-9H2. The lowest BCUT2D eigenvalue weighted by Gasteiger charge is -2.12. The van der Waals surface area contributed by atoms with E-state index in [0.717, 1.165) is 26.1 Å². The molecule has 0 spiro atoms. The maximum absolute atomic E-state index is 4.48. The molecule has 1 aromatic rings. The minimum atomic E-state index is 0.933. The van der Waals surface area contributed by atoms with Crippen LogP contribution in [0.25, 0.3) is 0 Å². The van der Waals surface area contributed by atoms with Gasteiger partial charge < -0.3 is 5.32 Å². The number of benzene rings is 1. The van der Waals surface area contributed by atoms with Crippen LogP contribution in [0, 0.1) is 0 Å². The van der Waals surface area contributed by atoms with E-state index in [-0.39, 0.29) is 0 Å². The van der Waals surface area contributed by atoms with Crippen molar-refractivity contribution in [3.05, 3.63) is 35.9 Å². The highest BCUT2D eigenvalue weighted by Crippen LogP contribution is 2.01. The largest absolute Gasteiger partial charge is 0.310 e. The lowest BCUT2D eigenvalue weighted by Crippen LogP contribution is -2.31. The Balaban J connectivity index is 2.01. The van der Waals surface area contributed by atoms with Gasteiger partial charge in [0.2, 0.25) is 0 Å². The molecule has 1 aliphatic heterocycles. The summed E-state index contributed by atoms with van der Waals surface area (Å²) in [6.07, 6.45) is 0.994. The molecule has 68 valence electrons. The Kier molecular flexibility index (Phi) is 2.72. The zero-order valence-corrected chi connectivity index (χ0v) is 7.66. The van der Waals surface area contributed by atoms with Gasteiger partial charge in [0.15, 0.2) is 0 Å². The van der Waals surface area contributed by atoms with Crippen LogP contribution >= 0.6 is 0 Å². The van der Waals surface area contributed by atoms with Crippen LogP contribution in [-0.2, 0) is 6.42 Å². The molecule has 0 fully saturated rings. The van der Waals surface area contributed by atoms with E-state index in [1.807, 2.05) is 6.07 Å². The van der Waals surface area contributed by atoms with Crippen molar-refractivity contribution in [1.82, 2.24) is 5.32 Å². The normalized spacial score (nSPS) is 16.8. The fourth-order valence-electron chi connectivity index (χ4n) is 1.53. The third-order valence-electron chi connectivity index (χ3n) is 2.20. The third-order valence-corrected chi connectivity index (χ3v) is 2.20. The van der Waals surface area contributed by atoms with Crippen molar-refractivity contribution >= 4 is 5.71 Å². The molecule has 0 bridgehead atoms. The Hall–Kier alpha value is -1.15. The molecule has 2 nitrogen and oxygen atoms in total. The summed E-state index contributed by atoms with van der Waals surface area (Å²) in [5.41, 5.74) is 2.63. The second-order valence-corrected chi connectivity index (χ2v) is 3.29. The highest BCUT2D eigenvalue weighted by atomic mass is 15.0. The van der Waals surface area contributed by atoms with Gasteiger partial charge in [-0.15, -0.1) is 0 Å². The zero-order chi connectivity index (χ0) is 8.93. The third kappa shape index (κ3) is 2.39. The van der Waals surface area contributed by atoms with E-state index in [1.54, 1.807) is 0 Å². The molecule has 1 N–H and O–H groups in total. The molecule has 0 aromatic heterocycles. The molecule has 0 radical (unpaired) electrons. The molecule has 0 unspecified atom stereocenters. The van der Waals surface area contributed by atoms with Crippen LogP contribution in [0.4, 0.5) is 0 Å². The van der Waals surface area contributed by atoms with Crippen LogP contribution in [0.2, 0.25) is 0 Å². The van der Waals surface area contributed by atoms with Gasteiger partial charge >= 0.3 is 0 Å². The first-order chi connectivity index (χ1) is 6.45. The number of nitrogens with one attached hydrogen (secondary N) is 1. The summed E-state index contributed by atoms with van der Waals surface area (Å²) < 4.78 is 0. The molecule has 0 saturated heterocycles. The minimum absolute atomic E-state index is 0.933. The first-order valence-corrected chi connectivity index (χ1v) is 4.72. The van der Waals surface area contributed by atoms with Crippen molar-refractivity contribution in [2.45, 2.75) is 6.42 Å². The summed E-state index contributed by atoms with van der Waals surface area (Å²) in [6, 6.07) is 10.5. The molecule has 1 aromatic carbocycles. The number of aliphatic imine (C=N–C) groups is 1. The van der Waals surface area contributed by atoms with E-state index in [2.05, 4.69) is 34.6 Å². The van der Waals surface area contributed by atoms with Gasteiger partial charge in [0.05, 0.1) is 6.54 Å². The molecule has 2 heteroatoms. The van der Waals surface area contributed by atoms with Gasteiger partial charge in [-0.1, -0.05) is 30.3 Å². The monoisotopic (exact) mass is 174 g/mol. The Morgan fingerprint density at radius 1 is 1.23 bits per heavy atom. The Labute approximate surface area is 78.7 Å². The van der Waals surface area contributed by atoms with E-state index in [0.29, 0.717) is 0 Å². The van der Waals surface area contributed by atoms with Crippen LogP contribution < -0.4 is 5.32 Å². The number of hydrogen-bond acceptors (Lipinski definition) is 2. The first-order valence-electron chi connectivity index (χ1n) is 4.72. The van der Waals surface area contributed by atoms with Crippen LogP contribution in [0.5, 0.6) is 0 Å². The molecule has 0 amide bonds. The van der Waals surface area contributed by atoms with Crippen molar-refractivity contribution in [1.29, 1.82) is 0 Å². The maximum Gasteiger partial charge on any atom is 0.0514 e. The van der Waals surface area contributed by atoms with Gasteiger partial charge in [-0.25, -0.2) is 0 Å². The molecule has 1 aliphatic rings. The number of nitrogens with zero attached hydrogens (tertiary/aromatic N) is 1. The van der Waals surface area contributed by atoms with E-state index in [1.165, 1.54) is 11.3 Å². The minimum Gasteiger partial charge on any atom is -0.310 e. The number of rotatable bonds is 2. The zero-order valence-electron chi connectivity index (χ0n) is 7.66. The first kappa shape index (κ1) is 8.45. The van der Waals surface area contributed by atoms with Crippen molar-refractivity contribution < 1.29 is 0 Å². The Bertz CT molecular complexity index is 290. The maximum atomic E-state index is 4.48. The quantitative estimate of drug-likeness (QED) is 0.717. The van der Waals surface area contributed by atoms with E-state index < -0.39 is 0 Å². The van der Waals surface area contributed by atoms with Gasteiger partial charge in [0.25, 0.3) is 0 Å². The summed E-state index contributed by atoms with van der Waals surface area (Å²) in [4.78, 5) is 4.48. The van der Waals surface area contributed by atoms with E-state index >= 15 is 0 Å². The summed E-state index contributed by atoms with van der Waals surface area (Å²) >= 11 is 0. The number of hydrogen-bond donors (Lipinski definition) is 1. The molecule has 1 heterocycles. The highest BCUT2D eigenvalue weighted by Gasteiger charge is 2.04. The Morgan fingerprint density at radius 2 is 2.08 bits per heavy atom. The van der Waals surface area contributed by atoms with Crippen molar-refractivity contribution in [2.75, 3.05) is 19.6 Å². The average molecular weight is 174 g/mol. The summed E-state index contributed by atoms with van der Waals surface area (Å²) in [6.45, 7) is 2.91. The molecule has 0 atom stereocenters. The van der Waals surface area contributed by atoms with Crippen molar-refractivity contribution in [2.24, 2.45) is 4.99 Å². The molecule has 2 rings (SSSR count). The second-order valence-electron chi connectivity index (χ2n) is 3.29. The van der Waals surface area contributed by atoms with Crippen LogP contribution in [0.1, 0.15) is 5.56 Å². The summed E-state index contributed by atoms with van der Waals surface area (Å²) in [5.74, 6) is 0. The molecule has 0 aliphatic carbocycles. The molecule has 0 saturated carbocycles. The van der Waals surface area contributed by atoms with Gasteiger partial charge in [-0.2, -0.15) is 0 Å². The fraction of sp³-hybridized carbons (Fsp3) is 0.364. The highest BCUT2D eigenvalue weighted by molar-refractivity contribution is 5.88. The van der Waals surface area contributed by atoms with Crippen molar-refractivity contribution in [3.8, 4) is 0 Å². The molecular formula is C11H14N2. The Morgan fingerprint density at radius 3 is 2.77 bits per heavy atom. The van der Waals surface area contributed by atoms with Crippen LogP contribution in [-0.4, -0.2) is 25.3 Å². The van der Waals surface area contributed by atoms with Crippen LogP contribution in [0.15, 0.2) is 35.3 Å². The van der Waals surface area contributed by atoms with Crippen LogP contribution in [0.3, 0.4) is 0 Å². The molecule has 13 heavy (non-hydrogen) atoms. The average Bonchev–Trinajstić information content (AvgIpc) is 2.21. The van der Waals surface area contributed by atoms with Gasteiger partial charge in [-0.05, 0) is 5.56 Å².